The first-order chi connectivity index (χ1) is 15.5. The van der Waals surface area contributed by atoms with Crippen LogP contribution in [0.2, 0.25) is 0 Å². The molecule has 32 heavy (non-hydrogen) atoms. The van der Waals surface area contributed by atoms with Crippen LogP contribution in [0.25, 0.3) is 15.9 Å². The molecule has 0 radical (unpaired) electrons. The molecule has 0 saturated heterocycles. The summed E-state index contributed by atoms with van der Waals surface area (Å²) in [5.41, 5.74) is 5.26. The Balaban J connectivity index is 1.22. The van der Waals surface area contributed by atoms with Gasteiger partial charge in [0.05, 0.1) is 22.0 Å². The smallest absolute Gasteiger partial charge is 0.261 e. The maximum Gasteiger partial charge on any atom is 0.261 e. The van der Waals surface area contributed by atoms with Gasteiger partial charge in [-0.15, -0.1) is 11.3 Å². The van der Waals surface area contributed by atoms with Gasteiger partial charge >= 0.3 is 0 Å². The Hall–Kier alpha value is -3.06. The number of fused-ring (bicyclic) bond motifs is 1. The lowest BCUT2D eigenvalue weighted by Gasteiger charge is -2.04. The predicted molar refractivity (Wildman–Crippen MR) is 128 cm³/mol. The Morgan fingerprint density at radius 1 is 1.12 bits per heavy atom. The van der Waals surface area contributed by atoms with E-state index < -0.39 is 0 Å². The van der Waals surface area contributed by atoms with E-state index in [1.807, 2.05) is 55.8 Å². The number of nitrogens with one attached hydrogen (secondary N) is 1. The van der Waals surface area contributed by atoms with Crippen molar-refractivity contribution in [2.75, 3.05) is 6.54 Å². The molecule has 4 aromatic rings. The standard InChI is InChI=1S/C25H27N5OS/c1-15-21-17(3)27-23(18-11-12-18)28-25(21)32-22(15)24(31)26-13-7-8-19-14-30(29-16(19)2)20-9-5-4-6-10-20/h4-6,9-10,14,18H,7-8,11-13H2,1-3H3,(H,26,31). The maximum absolute atomic E-state index is 12.9. The molecule has 1 aliphatic carbocycles. The van der Waals surface area contributed by atoms with Crippen LogP contribution in [0.4, 0.5) is 0 Å². The average molecular weight is 446 g/mol. The van der Waals surface area contributed by atoms with Gasteiger partial charge in [-0.25, -0.2) is 14.6 Å². The Kier molecular flexibility index (Phi) is 5.51. The lowest BCUT2D eigenvalue weighted by atomic mass is 10.1. The van der Waals surface area contributed by atoms with Crippen LogP contribution in [0.1, 0.15) is 63.2 Å². The molecule has 164 valence electrons. The van der Waals surface area contributed by atoms with E-state index in [2.05, 4.69) is 16.6 Å². The van der Waals surface area contributed by atoms with E-state index in [9.17, 15) is 4.79 Å². The molecule has 0 spiro atoms. The summed E-state index contributed by atoms with van der Waals surface area (Å²) in [6, 6.07) is 10.1. The van der Waals surface area contributed by atoms with Crippen molar-refractivity contribution in [3.63, 3.8) is 0 Å². The van der Waals surface area contributed by atoms with Crippen molar-refractivity contribution in [3.8, 4) is 5.69 Å². The molecule has 7 heteroatoms. The predicted octanol–water partition coefficient (Wildman–Crippen LogP) is 5.04. The Morgan fingerprint density at radius 3 is 2.66 bits per heavy atom. The number of carbonyl (C=O) groups is 1. The van der Waals surface area contributed by atoms with Gasteiger partial charge in [-0.2, -0.15) is 5.10 Å². The van der Waals surface area contributed by atoms with E-state index in [1.165, 1.54) is 29.7 Å². The van der Waals surface area contributed by atoms with E-state index in [-0.39, 0.29) is 5.91 Å². The first kappa shape index (κ1) is 20.8. The quantitative estimate of drug-likeness (QED) is 0.404. The fraction of sp³-hybridized carbons (Fsp3) is 0.360. The summed E-state index contributed by atoms with van der Waals surface area (Å²) in [5.74, 6) is 1.43. The van der Waals surface area contributed by atoms with Crippen molar-refractivity contribution in [2.45, 2.75) is 52.4 Å². The summed E-state index contributed by atoms with van der Waals surface area (Å²) >= 11 is 1.49. The van der Waals surface area contributed by atoms with Crippen LogP contribution in [0.5, 0.6) is 0 Å². The van der Waals surface area contributed by atoms with Crippen molar-refractivity contribution in [2.24, 2.45) is 0 Å². The number of hydrogen-bond donors (Lipinski definition) is 1. The van der Waals surface area contributed by atoms with Crippen LogP contribution < -0.4 is 5.32 Å². The molecule has 3 heterocycles. The van der Waals surface area contributed by atoms with Crippen molar-refractivity contribution in [1.29, 1.82) is 0 Å². The highest BCUT2D eigenvalue weighted by Crippen LogP contribution is 2.40. The molecule has 1 fully saturated rings. The minimum atomic E-state index is -0.0189. The second-order valence-electron chi connectivity index (χ2n) is 8.56. The summed E-state index contributed by atoms with van der Waals surface area (Å²) in [7, 11) is 0. The van der Waals surface area contributed by atoms with Crippen molar-refractivity contribution >= 4 is 27.5 Å². The minimum Gasteiger partial charge on any atom is -0.351 e. The highest BCUT2D eigenvalue weighted by Gasteiger charge is 2.28. The number of benzene rings is 1. The maximum atomic E-state index is 12.9. The minimum absolute atomic E-state index is 0.0189. The molecule has 0 atom stereocenters. The third kappa shape index (κ3) is 4.05. The number of hydrogen-bond acceptors (Lipinski definition) is 5. The van der Waals surface area contributed by atoms with Gasteiger partial charge in [-0.3, -0.25) is 4.79 Å². The number of aromatic nitrogens is 4. The monoisotopic (exact) mass is 445 g/mol. The van der Waals surface area contributed by atoms with E-state index in [1.54, 1.807) is 0 Å². The van der Waals surface area contributed by atoms with E-state index in [4.69, 9.17) is 9.97 Å². The lowest BCUT2D eigenvalue weighted by Crippen LogP contribution is -2.24. The average Bonchev–Trinajstić information content (AvgIpc) is 3.50. The number of para-hydroxylation sites is 1. The number of rotatable bonds is 7. The molecule has 0 bridgehead atoms. The van der Waals surface area contributed by atoms with Gasteiger partial charge in [-0.05, 0) is 69.7 Å². The third-order valence-corrected chi connectivity index (χ3v) is 7.25. The van der Waals surface area contributed by atoms with Gasteiger partial charge in [0.1, 0.15) is 10.7 Å². The summed E-state index contributed by atoms with van der Waals surface area (Å²) in [6.07, 6.45) is 6.17. The largest absolute Gasteiger partial charge is 0.351 e. The summed E-state index contributed by atoms with van der Waals surface area (Å²) < 4.78 is 1.92. The Morgan fingerprint density at radius 2 is 1.91 bits per heavy atom. The zero-order chi connectivity index (χ0) is 22.2. The number of carbonyl (C=O) groups excluding carboxylic acids is 1. The number of amides is 1. The van der Waals surface area contributed by atoms with Crippen molar-refractivity contribution < 1.29 is 4.79 Å². The van der Waals surface area contributed by atoms with Gasteiger partial charge in [-0.1, -0.05) is 18.2 Å². The highest BCUT2D eigenvalue weighted by molar-refractivity contribution is 7.20. The summed E-state index contributed by atoms with van der Waals surface area (Å²) in [5, 5.41) is 8.76. The zero-order valence-electron chi connectivity index (χ0n) is 18.7. The Bertz CT molecular complexity index is 1290. The molecule has 0 aliphatic heterocycles. The first-order valence-corrected chi connectivity index (χ1v) is 12.0. The molecular formula is C25H27N5OS. The molecule has 0 unspecified atom stereocenters. The summed E-state index contributed by atoms with van der Waals surface area (Å²) in [6.45, 7) is 6.69. The number of nitrogens with zero attached hydrogens (tertiary/aromatic N) is 4. The van der Waals surface area contributed by atoms with Crippen molar-refractivity contribution in [1.82, 2.24) is 25.1 Å². The Labute approximate surface area is 191 Å². The van der Waals surface area contributed by atoms with Gasteiger partial charge in [0.15, 0.2) is 0 Å². The van der Waals surface area contributed by atoms with Gasteiger partial charge in [0, 0.05) is 24.0 Å². The second-order valence-corrected chi connectivity index (χ2v) is 9.56. The van der Waals surface area contributed by atoms with E-state index >= 15 is 0 Å². The van der Waals surface area contributed by atoms with Gasteiger partial charge in [0.2, 0.25) is 0 Å². The SMILES string of the molecule is Cc1nn(-c2ccccc2)cc1CCCNC(=O)c1sc2nc(C3CC3)nc(C)c2c1C. The molecule has 1 aliphatic rings. The van der Waals surface area contributed by atoms with Crippen LogP contribution >= 0.6 is 11.3 Å². The third-order valence-electron chi connectivity index (χ3n) is 6.07. The summed E-state index contributed by atoms with van der Waals surface area (Å²) in [4.78, 5) is 24.0. The normalized spacial score (nSPS) is 13.6. The van der Waals surface area contributed by atoms with Gasteiger partial charge < -0.3 is 5.32 Å². The van der Waals surface area contributed by atoms with E-state index in [0.717, 1.165) is 56.4 Å². The van der Waals surface area contributed by atoms with Crippen LogP contribution in [-0.4, -0.2) is 32.2 Å². The first-order valence-electron chi connectivity index (χ1n) is 11.2. The topological polar surface area (TPSA) is 72.7 Å². The highest BCUT2D eigenvalue weighted by atomic mass is 32.1. The molecule has 1 N–H and O–H groups in total. The molecular weight excluding hydrogens is 418 g/mol. The van der Waals surface area contributed by atoms with Crippen LogP contribution in [0.15, 0.2) is 36.5 Å². The zero-order valence-corrected chi connectivity index (χ0v) is 19.5. The molecule has 3 aromatic heterocycles. The molecule has 5 rings (SSSR count). The van der Waals surface area contributed by atoms with Crippen LogP contribution in [0, 0.1) is 20.8 Å². The van der Waals surface area contributed by atoms with Gasteiger partial charge in [0.25, 0.3) is 5.91 Å². The van der Waals surface area contributed by atoms with Crippen LogP contribution in [0.3, 0.4) is 0 Å². The molecule has 6 nitrogen and oxygen atoms in total. The fourth-order valence-corrected chi connectivity index (χ4v) is 5.27. The van der Waals surface area contributed by atoms with Crippen LogP contribution in [-0.2, 0) is 6.42 Å². The molecule has 1 aromatic carbocycles. The van der Waals surface area contributed by atoms with E-state index in [0.29, 0.717) is 12.5 Å². The lowest BCUT2D eigenvalue weighted by molar-refractivity contribution is 0.0957. The second kappa shape index (κ2) is 8.47. The number of aryl methyl sites for hydroxylation is 4. The fourth-order valence-electron chi connectivity index (χ4n) is 4.12. The molecule has 1 saturated carbocycles. The van der Waals surface area contributed by atoms with Crippen molar-refractivity contribution in [3.05, 3.63) is 69.7 Å². The number of thiophene rings is 1. The molecule has 1 amide bonds.